The Hall–Kier alpha value is -2.99. The average molecular weight is 308 g/mol. The molecule has 0 aliphatic carbocycles. The zero-order chi connectivity index (χ0) is 16.1. The minimum atomic E-state index is -0.312. The molecule has 0 atom stereocenters. The van der Waals surface area contributed by atoms with Crippen LogP contribution in [0.25, 0.3) is 11.0 Å². The van der Waals surface area contributed by atoms with Crippen LogP contribution in [0.5, 0.6) is 0 Å². The van der Waals surface area contributed by atoms with Gasteiger partial charge in [-0.2, -0.15) is 0 Å². The largest absolute Gasteiger partial charge is 0.395 e. The number of nitrogens with one attached hydrogen (secondary N) is 1. The number of nitrogens with zero attached hydrogens (tertiary/aromatic N) is 3. The number of amides is 2. The minimum Gasteiger partial charge on any atom is -0.395 e. The number of hydrogen-bond acceptors (Lipinski definition) is 4. The molecular formula is C17H16N4O2. The van der Waals surface area contributed by atoms with Crippen molar-refractivity contribution >= 4 is 28.4 Å². The van der Waals surface area contributed by atoms with Gasteiger partial charge in [0, 0.05) is 23.8 Å². The van der Waals surface area contributed by atoms with E-state index in [-0.39, 0.29) is 19.2 Å². The van der Waals surface area contributed by atoms with Crippen LogP contribution < -0.4 is 10.2 Å². The molecule has 0 aliphatic heterocycles. The van der Waals surface area contributed by atoms with Gasteiger partial charge in [-0.3, -0.25) is 14.9 Å². The number of aliphatic hydroxyl groups excluding tert-OH is 1. The third-order valence-electron chi connectivity index (χ3n) is 3.36. The van der Waals surface area contributed by atoms with Crippen molar-refractivity contribution in [3.8, 4) is 0 Å². The molecule has 1 heterocycles. The summed E-state index contributed by atoms with van der Waals surface area (Å²) >= 11 is 0. The lowest BCUT2D eigenvalue weighted by atomic mass is 10.2. The van der Waals surface area contributed by atoms with Gasteiger partial charge in [0.15, 0.2) is 0 Å². The van der Waals surface area contributed by atoms with Crippen LogP contribution in [0.1, 0.15) is 0 Å². The van der Waals surface area contributed by atoms with E-state index in [1.807, 2.05) is 30.3 Å². The van der Waals surface area contributed by atoms with Crippen LogP contribution >= 0.6 is 0 Å². The first-order chi connectivity index (χ1) is 11.3. The van der Waals surface area contributed by atoms with Crippen LogP contribution in [0.3, 0.4) is 0 Å². The second-order valence-corrected chi connectivity index (χ2v) is 4.90. The third-order valence-corrected chi connectivity index (χ3v) is 3.36. The molecule has 0 saturated carbocycles. The summed E-state index contributed by atoms with van der Waals surface area (Å²) in [7, 11) is 0. The number of urea groups is 1. The molecule has 6 nitrogen and oxygen atoms in total. The van der Waals surface area contributed by atoms with Crippen molar-refractivity contribution in [2.24, 2.45) is 0 Å². The van der Waals surface area contributed by atoms with Crippen molar-refractivity contribution < 1.29 is 9.90 Å². The van der Waals surface area contributed by atoms with Gasteiger partial charge in [-0.25, -0.2) is 4.79 Å². The van der Waals surface area contributed by atoms with Crippen molar-refractivity contribution in [2.45, 2.75) is 0 Å². The second-order valence-electron chi connectivity index (χ2n) is 4.90. The number of aromatic nitrogens is 2. The van der Waals surface area contributed by atoms with Crippen molar-refractivity contribution in [3.05, 3.63) is 60.9 Å². The Morgan fingerprint density at radius 1 is 1.04 bits per heavy atom. The Morgan fingerprint density at radius 3 is 2.52 bits per heavy atom. The second kappa shape index (κ2) is 6.85. The summed E-state index contributed by atoms with van der Waals surface area (Å²) in [6.45, 7) is 0.0920. The molecule has 6 heteroatoms. The molecule has 1 aromatic heterocycles. The zero-order valence-electron chi connectivity index (χ0n) is 12.4. The van der Waals surface area contributed by atoms with E-state index in [1.54, 1.807) is 30.6 Å². The van der Waals surface area contributed by atoms with Gasteiger partial charge in [-0.1, -0.05) is 18.2 Å². The molecule has 0 aliphatic rings. The first-order valence-electron chi connectivity index (χ1n) is 7.23. The van der Waals surface area contributed by atoms with Gasteiger partial charge in [-0.05, 0) is 30.3 Å². The molecule has 2 N–H and O–H groups in total. The van der Waals surface area contributed by atoms with E-state index in [0.29, 0.717) is 11.2 Å². The standard InChI is InChI=1S/C17H16N4O2/c22-11-10-21(14-4-2-1-3-5-14)17(23)20-13-6-7-15-16(12-13)19-9-8-18-15/h1-9,12,22H,10-11H2,(H,20,23). The topological polar surface area (TPSA) is 78.4 Å². The van der Waals surface area contributed by atoms with Crippen LogP contribution in [0.2, 0.25) is 0 Å². The van der Waals surface area contributed by atoms with Crippen molar-refractivity contribution in [1.82, 2.24) is 9.97 Å². The highest BCUT2D eigenvalue weighted by molar-refractivity contribution is 6.02. The molecule has 3 rings (SSSR count). The molecule has 2 amide bonds. The van der Waals surface area contributed by atoms with Crippen LogP contribution in [0, 0.1) is 0 Å². The minimum absolute atomic E-state index is 0.120. The van der Waals surface area contributed by atoms with Crippen LogP contribution in [-0.4, -0.2) is 34.3 Å². The molecule has 3 aromatic rings. The number of hydrogen-bond donors (Lipinski definition) is 2. The molecule has 23 heavy (non-hydrogen) atoms. The first-order valence-corrected chi connectivity index (χ1v) is 7.23. The highest BCUT2D eigenvalue weighted by atomic mass is 16.3. The number of carbonyl (C=O) groups excluding carboxylic acids is 1. The SMILES string of the molecule is O=C(Nc1ccc2nccnc2c1)N(CCO)c1ccccc1. The molecule has 0 saturated heterocycles. The third kappa shape index (κ3) is 3.44. The lowest BCUT2D eigenvalue weighted by Gasteiger charge is -2.22. The Bertz CT molecular complexity index is 808. The average Bonchev–Trinajstić information content (AvgIpc) is 2.60. The fraction of sp³-hybridized carbons (Fsp3) is 0.118. The smallest absolute Gasteiger partial charge is 0.326 e. The maximum absolute atomic E-state index is 12.5. The fourth-order valence-corrected chi connectivity index (χ4v) is 2.29. The molecule has 0 fully saturated rings. The summed E-state index contributed by atoms with van der Waals surface area (Å²) in [4.78, 5) is 22.4. The summed E-state index contributed by atoms with van der Waals surface area (Å²) in [6, 6.07) is 14.2. The number of anilines is 2. The molecular weight excluding hydrogens is 292 g/mol. The summed E-state index contributed by atoms with van der Waals surface area (Å²) in [5, 5.41) is 12.0. The van der Waals surface area contributed by atoms with Gasteiger partial charge in [0.05, 0.1) is 24.2 Å². The van der Waals surface area contributed by atoms with Crippen molar-refractivity contribution in [1.29, 1.82) is 0 Å². The van der Waals surface area contributed by atoms with E-state index in [2.05, 4.69) is 15.3 Å². The highest BCUT2D eigenvalue weighted by Gasteiger charge is 2.15. The highest BCUT2D eigenvalue weighted by Crippen LogP contribution is 2.18. The van der Waals surface area contributed by atoms with E-state index >= 15 is 0 Å². The molecule has 0 unspecified atom stereocenters. The molecule has 116 valence electrons. The van der Waals surface area contributed by atoms with Crippen LogP contribution in [-0.2, 0) is 0 Å². The normalized spacial score (nSPS) is 10.5. The van der Waals surface area contributed by atoms with Gasteiger partial charge in [-0.15, -0.1) is 0 Å². The van der Waals surface area contributed by atoms with Crippen molar-refractivity contribution in [3.63, 3.8) is 0 Å². The molecule has 0 spiro atoms. The fourth-order valence-electron chi connectivity index (χ4n) is 2.29. The number of para-hydroxylation sites is 1. The van der Waals surface area contributed by atoms with Gasteiger partial charge < -0.3 is 10.4 Å². The molecule has 0 radical (unpaired) electrons. The van der Waals surface area contributed by atoms with Crippen molar-refractivity contribution in [2.75, 3.05) is 23.4 Å². The van der Waals surface area contributed by atoms with Gasteiger partial charge in [0.1, 0.15) is 0 Å². The van der Waals surface area contributed by atoms with Crippen LogP contribution in [0.4, 0.5) is 16.2 Å². The van der Waals surface area contributed by atoms with E-state index in [0.717, 1.165) is 11.2 Å². The van der Waals surface area contributed by atoms with E-state index in [1.165, 1.54) is 4.90 Å². The first kappa shape index (κ1) is 14.9. The lowest BCUT2D eigenvalue weighted by Crippen LogP contribution is -2.37. The zero-order valence-corrected chi connectivity index (χ0v) is 12.4. The number of carbonyl (C=O) groups is 1. The van der Waals surface area contributed by atoms with Gasteiger partial charge >= 0.3 is 6.03 Å². The summed E-state index contributed by atoms with van der Waals surface area (Å²) in [5.74, 6) is 0. The molecule has 0 bridgehead atoms. The number of fused-ring (bicyclic) bond motifs is 1. The predicted molar refractivity (Wildman–Crippen MR) is 89.4 cm³/mol. The Kier molecular flexibility index (Phi) is 4.44. The maximum Gasteiger partial charge on any atom is 0.326 e. The Balaban J connectivity index is 1.82. The summed E-state index contributed by atoms with van der Waals surface area (Å²) in [6.07, 6.45) is 3.23. The van der Waals surface area contributed by atoms with E-state index in [9.17, 15) is 9.90 Å². The maximum atomic E-state index is 12.5. The quantitative estimate of drug-likeness (QED) is 0.776. The van der Waals surface area contributed by atoms with Gasteiger partial charge in [0.2, 0.25) is 0 Å². The summed E-state index contributed by atoms with van der Waals surface area (Å²) in [5.41, 5.74) is 2.82. The predicted octanol–water partition coefficient (Wildman–Crippen LogP) is 2.66. The summed E-state index contributed by atoms with van der Waals surface area (Å²) < 4.78 is 0. The van der Waals surface area contributed by atoms with Gasteiger partial charge in [0.25, 0.3) is 0 Å². The van der Waals surface area contributed by atoms with E-state index < -0.39 is 0 Å². The Labute approximate surface area is 133 Å². The monoisotopic (exact) mass is 308 g/mol. The number of aliphatic hydroxyl groups is 1. The van der Waals surface area contributed by atoms with Crippen LogP contribution in [0.15, 0.2) is 60.9 Å². The number of benzene rings is 2. The Morgan fingerprint density at radius 2 is 1.78 bits per heavy atom. The number of rotatable bonds is 4. The lowest BCUT2D eigenvalue weighted by molar-refractivity contribution is 0.252. The van der Waals surface area contributed by atoms with E-state index in [4.69, 9.17) is 0 Å². The molecule has 2 aromatic carbocycles.